The molecule has 0 fully saturated rings. The predicted molar refractivity (Wildman–Crippen MR) is 172 cm³/mol. The van der Waals surface area contributed by atoms with Gasteiger partial charge in [-0.2, -0.15) is 0 Å². The largest absolute Gasteiger partial charge is 0.494 e. The summed E-state index contributed by atoms with van der Waals surface area (Å²) in [6.45, 7) is 10.8. The fraction of sp³-hybridized carbons (Fsp3) is 0.294. The van der Waals surface area contributed by atoms with Gasteiger partial charge in [0.2, 0.25) is 0 Å². The summed E-state index contributed by atoms with van der Waals surface area (Å²) >= 11 is 1.69. The number of carboxylic acid groups (broad SMARTS) is 1. The maximum atomic E-state index is 11.4. The molecular formula is C34H38N4O4S. The first-order valence-electron chi connectivity index (χ1n) is 13.9. The van der Waals surface area contributed by atoms with E-state index in [1.54, 1.807) is 31.3 Å². The number of benzene rings is 2. The summed E-state index contributed by atoms with van der Waals surface area (Å²) in [7, 11) is 3.52. The molecule has 1 N–H and O–H groups in total. The number of hydrogen-bond acceptors (Lipinski definition) is 7. The SMILES string of the molecule is COc1cnc(-c2ccc(C)cc2)nc1.Cc1ccc(COc2ccc3c(c2)c(SC(C)(C)C)c(CC(=O)O)n3C)nc1. The Hall–Kier alpha value is -4.37. The van der Waals surface area contributed by atoms with Crippen molar-refractivity contribution in [1.82, 2.24) is 19.5 Å². The zero-order valence-electron chi connectivity index (χ0n) is 25.7. The Kier molecular flexibility index (Phi) is 10.1. The maximum Gasteiger partial charge on any atom is 0.309 e. The molecule has 8 nitrogen and oxygen atoms in total. The highest BCUT2D eigenvalue weighted by Gasteiger charge is 2.23. The molecule has 0 saturated carbocycles. The van der Waals surface area contributed by atoms with Crippen molar-refractivity contribution < 1.29 is 19.4 Å². The lowest BCUT2D eigenvalue weighted by molar-refractivity contribution is -0.136. The Morgan fingerprint density at radius 3 is 2.16 bits per heavy atom. The van der Waals surface area contributed by atoms with E-state index in [-0.39, 0.29) is 11.2 Å². The van der Waals surface area contributed by atoms with E-state index in [0.29, 0.717) is 12.4 Å². The highest BCUT2D eigenvalue weighted by Crippen LogP contribution is 2.42. The summed E-state index contributed by atoms with van der Waals surface area (Å²) in [6, 6.07) is 18.0. The number of carbonyl (C=O) groups is 1. The molecular weight excluding hydrogens is 560 g/mol. The third-order valence-electron chi connectivity index (χ3n) is 6.50. The first-order chi connectivity index (χ1) is 20.4. The van der Waals surface area contributed by atoms with Crippen LogP contribution >= 0.6 is 11.8 Å². The molecule has 43 heavy (non-hydrogen) atoms. The lowest BCUT2D eigenvalue weighted by Gasteiger charge is -2.18. The second-order valence-corrected chi connectivity index (χ2v) is 13.1. The minimum absolute atomic E-state index is 0.00687. The van der Waals surface area contributed by atoms with Crippen LogP contribution in [0.3, 0.4) is 0 Å². The summed E-state index contributed by atoms with van der Waals surface area (Å²) < 4.78 is 12.9. The molecule has 0 aliphatic carbocycles. The molecule has 5 aromatic rings. The van der Waals surface area contributed by atoms with Crippen LogP contribution in [0, 0.1) is 13.8 Å². The van der Waals surface area contributed by atoms with Crippen molar-refractivity contribution in [2.24, 2.45) is 7.05 Å². The Morgan fingerprint density at radius 1 is 0.907 bits per heavy atom. The van der Waals surface area contributed by atoms with E-state index in [0.717, 1.165) is 49.9 Å². The van der Waals surface area contributed by atoms with Crippen molar-refractivity contribution in [3.63, 3.8) is 0 Å². The number of rotatable bonds is 8. The van der Waals surface area contributed by atoms with Crippen LogP contribution in [-0.2, 0) is 24.9 Å². The number of aromatic nitrogens is 4. The quantitative estimate of drug-likeness (QED) is 0.184. The van der Waals surface area contributed by atoms with Gasteiger partial charge in [-0.1, -0.05) is 56.7 Å². The molecule has 0 saturated heterocycles. The topological polar surface area (TPSA) is 99.4 Å². The normalized spacial score (nSPS) is 11.1. The van der Waals surface area contributed by atoms with Crippen molar-refractivity contribution in [2.75, 3.05) is 7.11 Å². The van der Waals surface area contributed by atoms with E-state index in [1.165, 1.54) is 5.56 Å². The smallest absolute Gasteiger partial charge is 0.309 e. The van der Waals surface area contributed by atoms with E-state index in [4.69, 9.17) is 9.47 Å². The molecule has 3 aromatic heterocycles. The van der Waals surface area contributed by atoms with Crippen molar-refractivity contribution >= 4 is 28.6 Å². The fourth-order valence-corrected chi connectivity index (χ4v) is 5.52. The minimum Gasteiger partial charge on any atom is -0.494 e. The predicted octanol–water partition coefficient (Wildman–Crippen LogP) is 7.44. The van der Waals surface area contributed by atoms with Crippen molar-refractivity contribution in [2.45, 2.75) is 57.3 Å². The van der Waals surface area contributed by atoms with Gasteiger partial charge in [0.05, 0.1) is 31.6 Å². The lowest BCUT2D eigenvalue weighted by Crippen LogP contribution is -2.10. The zero-order valence-corrected chi connectivity index (χ0v) is 26.5. The molecule has 5 rings (SSSR count). The number of methoxy groups -OCH3 is 1. The molecule has 9 heteroatoms. The number of nitrogens with zero attached hydrogens (tertiary/aromatic N) is 4. The number of ether oxygens (including phenoxy) is 2. The van der Waals surface area contributed by atoms with Gasteiger partial charge in [0.1, 0.15) is 12.4 Å². The van der Waals surface area contributed by atoms with Gasteiger partial charge in [-0.05, 0) is 43.7 Å². The van der Waals surface area contributed by atoms with Gasteiger partial charge in [-0.3, -0.25) is 9.78 Å². The molecule has 0 aliphatic heterocycles. The van der Waals surface area contributed by atoms with Gasteiger partial charge in [-0.15, -0.1) is 11.8 Å². The van der Waals surface area contributed by atoms with Crippen molar-refractivity contribution in [3.8, 4) is 22.9 Å². The number of fused-ring (bicyclic) bond motifs is 1. The summed E-state index contributed by atoms with van der Waals surface area (Å²) in [5.74, 6) is 1.31. The zero-order chi connectivity index (χ0) is 31.1. The molecule has 0 aliphatic rings. The molecule has 0 bridgehead atoms. The Labute approximate surface area is 257 Å². The van der Waals surface area contributed by atoms with E-state index < -0.39 is 5.97 Å². The number of pyridine rings is 1. The minimum atomic E-state index is -0.830. The summed E-state index contributed by atoms with van der Waals surface area (Å²) in [5.41, 5.74) is 6.05. The van der Waals surface area contributed by atoms with Gasteiger partial charge in [-0.25, -0.2) is 9.97 Å². The van der Waals surface area contributed by atoms with Crippen LogP contribution in [-0.4, -0.2) is 42.5 Å². The molecule has 0 spiro atoms. The number of carboxylic acids is 1. The summed E-state index contributed by atoms with van der Waals surface area (Å²) in [5, 5.41) is 10.4. The Balaban J connectivity index is 0.000000237. The average molecular weight is 599 g/mol. The second-order valence-electron chi connectivity index (χ2n) is 11.2. The fourth-order valence-electron chi connectivity index (χ4n) is 4.31. The van der Waals surface area contributed by atoms with Crippen LogP contribution in [0.5, 0.6) is 11.5 Å². The van der Waals surface area contributed by atoms with Crippen molar-refractivity contribution in [3.05, 3.63) is 95.7 Å². The summed E-state index contributed by atoms with van der Waals surface area (Å²) in [4.78, 5) is 25.2. The molecule has 0 amide bonds. The van der Waals surface area contributed by atoms with Crippen LogP contribution in [0.4, 0.5) is 0 Å². The van der Waals surface area contributed by atoms with Gasteiger partial charge < -0.3 is 19.1 Å². The highest BCUT2D eigenvalue weighted by atomic mass is 32.2. The molecule has 0 radical (unpaired) electrons. The molecule has 2 aromatic carbocycles. The molecule has 3 heterocycles. The Bertz CT molecular complexity index is 1670. The van der Waals surface area contributed by atoms with Crippen LogP contribution in [0.25, 0.3) is 22.3 Å². The third kappa shape index (κ3) is 8.58. The van der Waals surface area contributed by atoms with Gasteiger partial charge in [0, 0.05) is 45.0 Å². The van der Waals surface area contributed by atoms with Crippen LogP contribution in [0.1, 0.15) is 43.3 Å². The molecule has 224 valence electrons. The first kappa shape index (κ1) is 31.6. The monoisotopic (exact) mass is 598 g/mol. The third-order valence-corrected chi connectivity index (χ3v) is 7.77. The molecule has 0 atom stereocenters. The standard InChI is InChI=1S/C22H26N2O3S.C12H12N2O/c1-14-6-7-15(23-12-14)13-27-16-8-9-18-17(10-16)21(28-22(2,3)4)19(24(18)5)11-20(25)26;1-9-3-5-10(6-4-9)12-13-7-11(15-2)8-14-12/h6-10,12H,11,13H2,1-5H3,(H,25,26);3-8H,1-2H3. The number of thioether (sulfide) groups is 1. The maximum absolute atomic E-state index is 11.4. The highest BCUT2D eigenvalue weighted by molar-refractivity contribution is 8.00. The van der Waals surface area contributed by atoms with E-state index in [2.05, 4.69) is 42.6 Å². The first-order valence-corrected chi connectivity index (χ1v) is 14.7. The van der Waals surface area contributed by atoms with Crippen LogP contribution in [0.2, 0.25) is 0 Å². The van der Waals surface area contributed by atoms with Crippen LogP contribution < -0.4 is 9.47 Å². The Morgan fingerprint density at radius 2 is 1.58 bits per heavy atom. The number of hydrogen-bond donors (Lipinski definition) is 1. The number of aliphatic carboxylic acids is 1. The summed E-state index contributed by atoms with van der Waals surface area (Å²) in [6.07, 6.45) is 5.16. The number of aryl methyl sites for hydroxylation is 3. The van der Waals surface area contributed by atoms with Gasteiger partial charge in [0.25, 0.3) is 0 Å². The van der Waals surface area contributed by atoms with Gasteiger partial charge >= 0.3 is 5.97 Å². The van der Waals surface area contributed by atoms with Crippen molar-refractivity contribution in [1.29, 1.82) is 0 Å². The average Bonchev–Trinajstić information content (AvgIpc) is 3.21. The molecule has 0 unspecified atom stereocenters. The van der Waals surface area contributed by atoms with Gasteiger partial charge in [0.15, 0.2) is 11.6 Å². The second kappa shape index (κ2) is 13.7. The van der Waals surface area contributed by atoms with E-state index in [1.807, 2.05) is 79.3 Å². The lowest BCUT2D eigenvalue weighted by atomic mass is 10.1. The van der Waals surface area contributed by atoms with Crippen LogP contribution in [0.15, 0.2) is 78.1 Å². The van der Waals surface area contributed by atoms with E-state index >= 15 is 0 Å². The van der Waals surface area contributed by atoms with E-state index in [9.17, 15) is 9.90 Å².